The number of imidazole rings is 1. The van der Waals surface area contributed by atoms with Gasteiger partial charge in [0.25, 0.3) is 5.91 Å². The zero-order chi connectivity index (χ0) is 34.9. The zero-order valence-corrected chi connectivity index (χ0v) is 28.7. The van der Waals surface area contributed by atoms with Gasteiger partial charge in [0.05, 0.1) is 30.0 Å². The van der Waals surface area contributed by atoms with Gasteiger partial charge in [-0.2, -0.15) is 0 Å². The Morgan fingerprint density at radius 3 is 2.49 bits per heavy atom. The minimum Gasteiger partial charge on any atom is -0.446 e. The third-order valence-electron chi connectivity index (χ3n) is 9.84. The number of rotatable bonds is 10. The average Bonchev–Trinajstić information content (AvgIpc) is 3.45. The van der Waals surface area contributed by atoms with E-state index in [2.05, 4.69) is 26.1 Å². The average molecular weight is 678 g/mol. The lowest BCUT2D eigenvalue weighted by Gasteiger charge is -2.35. The number of fused-ring (bicyclic) bond motifs is 1. The molecule has 2 aliphatic carbocycles. The predicted octanol–water partition coefficient (Wildman–Crippen LogP) is 3.17. The first-order valence-electron chi connectivity index (χ1n) is 17.5. The Hall–Kier alpha value is -4.49. The van der Waals surface area contributed by atoms with Crippen LogP contribution in [0, 0.1) is 5.41 Å². The van der Waals surface area contributed by atoms with Crippen molar-refractivity contribution in [1.29, 1.82) is 0 Å². The second-order valence-electron chi connectivity index (χ2n) is 15.0. The van der Waals surface area contributed by atoms with Crippen molar-refractivity contribution in [2.24, 2.45) is 10.6 Å². The Morgan fingerprint density at radius 1 is 1.06 bits per heavy atom. The lowest BCUT2D eigenvalue weighted by Crippen LogP contribution is -2.59. The van der Waals surface area contributed by atoms with Gasteiger partial charge in [0.15, 0.2) is 11.4 Å². The van der Waals surface area contributed by atoms with Gasteiger partial charge in [0, 0.05) is 12.5 Å². The molecule has 264 valence electrons. The number of amides is 4. The van der Waals surface area contributed by atoms with Crippen LogP contribution in [0.25, 0.3) is 11.0 Å². The number of ketones is 1. The molecule has 1 saturated heterocycles. The summed E-state index contributed by atoms with van der Waals surface area (Å²) in [5.41, 5.74) is -0.186. The Bertz CT molecular complexity index is 1640. The first kappa shape index (κ1) is 34.4. The maximum absolute atomic E-state index is 14.5. The Kier molecular flexibility index (Phi) is 9.67. The molecule has 49 heavy (non-hydrogen) atoms. The molecule has 3 N–H and O–H groups in total. The molecule has 1 aromatic heterocycles. The van der Waals surface area contributed by atoms with Gasteiger partial charge in [-0.1, -0.05) is 51.4 Å². The number of alkyl carbamates (subject to hydrolysis) is 1. The summed E-state index contributed by atoms with van der Waals surface area (Å²) >= 11 is 0. The minimum atomic E-state index is -1.07. The van der Waals surface area contributed by atoms with Crippen molar-refractivity contribution in [3.63, 3.8) is 0 Å². The Labute approximate surface area is 285 Å². The molecular weight excluding hydrogens is 630 g/mol. The van der Waals surface area contributed by atoms with Gasteiger partial charge in [-0.25, -0.2) is 9.78 Å². The van der Waals surface area contributed by atoms with Gasteiger partial charge in [-0.15, -0.1) is 0 Å². The van der Waals surface area contributed by atoms with Crippen LogP contribution in [-0.2, 0) is 28.8 Å². The number of nitrogens with one attached hydrogen (secondary N) is 3. The normalized spacial score (nSPS) is 23.6. The second kappa shape index (κ2) is 13.8. The zero-order valence-electron chi connectivity index (χ0n) is 28.7. The lowest BCUT2D eigenvalue weighted by atomic mass is 9.85. The number of Topliss-reactive ketones (excluding diaryl/α,β-unsaturated/α-hetero) is 1. The SMILES string of the molecule is CCC[C@H](NC(=O)[C@@H]1C[C@]2(CC(n3cnc4ccccc43)=NO2)CN1C(=O)[C@@H](NC(=O)OC1CCCC1)C(C)(C)C)C(=O)C(=O)NC1CC1. The molecule has 2 aliphatic heterocycles. The van der Waals surface area contributed by atoms with Crippen molar-refractivity contribution in [2.45, 2.75) is 128 Å². The van der Waals surface area contributed by atoms with Gasteiger partial charge in [-0.3, -0.25) is 23.7 Å². The van der Waals surface area contributed by atoms with E-state index in [4.69, 9.17) is 9.57 Å². The molecule has 0 unspecified atom stereocenters. The second-order valence-corrected chi connectivity index (χ2v) is 15.0. The van der Waals surface area contributed by atoms with Crippen LogP contribution in [0.2, 0.25) is 0 Å². The number of nitrogens with zero attached hydrogens (tertiary/aromatic N) is 4. The fraction of sp³-hybridized carbons (Fsp3) is 0.629. The van der Waals surface area contributed by atoms with E-state index in [1.54, 1.807) is 6.33 Å². The number of hydrogen-bond acceptors (Lipinski definition) is 9. The molecule has 3 heterocycles. The van der Waals surface area contributed by atoms with Crippen LogP contribution in [0.1, 0.15) is 91.9 Å². The maximum atomic E-state index is 14.5. The van der Waals surface area contributed by atoms with E-state index >= 15 is 0 Å². The molecule has 2 aromatic rings. The Balaban J connectivity index is 1.25. The summed E-state index contributed by atoms with van der Waals surface area (Å²) in [7, 11) is 0. The number of likely N-dealkylation sites (tertiary alicyclic amines) is 1. The van der Waals surface area contributed by atoms with Crippen LogP contribution in [0.3, 0.4) is 0 Å². The van der Waals surface area contributed by atoms with Crippen molar-refractivity contribution < 1.29 is 33.5 Å². The highest BCUT2D eigenvalue weighted by Crippen LogP contribution is 2.40. The third kappa shape index (κ3) is 7.57. The summed E-state index contributed by atoms with van der Waals surface area (Å²) < 4.78 is 7.47. The molecule has 0 bridgehead atoms. The molecular formula is C35H47N7O7. The van der Waals surface area contributed by atoms with Crippen molar-refractivity contribution in [3.05, 3.63) is 30.6 Å². The maximum Gasteiger partial charge on any atom is 0.408 e. The first-order valence-corrected chi connectivity index (χ1v) is 17.5. The number of hydrogen-bond donors (Lipinski definition) is 3. The van der Waals surface area contributed by atoms with E-state index in [0.717, 1.165) is 49.6 Å². The summed E-state index contributed by atoms with van der Waals surface area (Å²) in [5, 5.41) is 12.7. The quantitative estimate of drug-likeness (QED) is 0.322. The molecule has 4 aliphatic rings. The van der Waals surface area contributed by atoms with Gasteiger partial charge >= 0.3 is 6.09 Å². The smallest absolute Gasteiger partial charge is 0.408 e. The molecule has 6 rings (SSSR count). The van der Waals surface area contributed by atoms with Crippen molar-refractivity contribution in [1.82, 2.24) is 30.4 Å². The minimum absolute atomic E-state index is 0.00401. The number of oxime groups is 1. The lowest BCUT2D eigenvalue weighted by molar-refractivity contribution is -0.144. The fourth-order valence-corrected chi connectivity index (χ4v) is 7.00. The summed E-state index contributed by atoms with van der Waals surface area (Å²) in [5.74, 6) is -1.93. The highest BCUT2D eigenvalue weighted by molar-refractivity contribution is 6.38. The molecule has 0 radical (unpaired) electrons. The van der Waals surface area contributed by atoms with E-state index in [1.807, 2.05) is 56.5 Å². The van der Waals surface area contributed by atoms with E-state index in [1.165, 1.54) is 4.90 Å². The van der Waals surface area contributed by atoms with Gasteiger partial charge in [-0.05, 0) is 62.5 Å². The summed E-state index contributed by atoms with van der Waals surface area (Å²) in [6.07, 6.45) is 7.10. The molecule has 4 amide bonds. The molecule has 14 heteroatoms. The van der Waals surface area contributed by atoms with Crippen molar-refractivity contribution in [3.8, 4) is 0 Å². The fourth-order valence-electron chi connectivity index (χ4n) is 7.00. The molecule has 1 spiro atoms. The van der Waals surface area contributed by atoms with Crippen LogP contribution >= 0.6 is 0 Å². The molecule has 2 saturated carbocycles. The first-order chi connectivity index (χ1) is 23.4. The summed E-state index contributed by atoms with van der Waals surface area (Å²) in [6, 6.07) is 4.43. The van der Waals surface area contributed by atoms with Gasteiger partial charge in [0.1, 0.15) is 24.5 Å². The van der Waals surface area contributed by atoms with E-state index in [0.29, 0.717) is 12.3 Å². The van der Waals surface area contributed by atoms with Crippen LogP contribution in [0.15, 0.2) is 35.7 Å². The van der Waals surface area contributed by atoms with Crippen molar-refractivity contribution >= 4 is 46.5 Å². The number of ether oxygens (including phenoxy) is 1. The topological polar surface area (TPSA) is 173 Å². The highest BCUT2D eigenvalue weighted by atomic mass is 16.7. The van der Waals surface area contributed by atoms with Crippen LogP contribution in [-0.4, -0.2) is 92.3 Å². The summed E-state index contributed by atoms with van der Waals surface area (Å²) in [4.78, 5) is 79.6. The molecule has 14 nitrogen and oxygen atoms in total. The number of para-hydroxylation sites is 2. The number of carbonyl (C=O) groups is 5. The largest absolute Gasteiger partial charge is 0.446 e. The van der Waals surface area contributed by atoms with E-state index in [-0.39, 0.29) is 38.0 Å². The molecule has 4 atom stereocenters. The van der Waals surface area contributed by atoms with Gasteiger partial charge < -0.3 is 30.4 Å². The standard InChI is InChI=1S/C35H47N7O7/c1-5-10-24(28(43)31(45)37-21-15-16-21)38-30(44)26-17-35(18-27(40-49-35)42-20-36-23-13-8-9-14-25(23)42)19-41(26)32(46)29(34(2,3)4)39-33(47)48-22-11-6-7-12-22/h8-9,13-14,20-22,24,26,29H,5-7,10-12,15-19H2,1-4H3,(H,37,45)(H,38,44)(H,39,47)/t24-,26-,29+,35-/m0/s1. The number of carbonyl (C=O) groups excluding carboxylic acids is 5. The van der Waals surface area contributed by atoms with Crippen LogP contribution in [0.4, 0.5) is 4.79 Å². The van der Waals surface area contributed by atoms with Crippen molar-refractivity contribution in [2.75, 3.05) is 6.54 Å². The molecule has 1 aromatic carbocycles. The monoisotopic (exact) mass is 677 g/mol. The highest BCUT2D eigenvalue weighted by Gasteiger charge is 2.56. The third-order valence-corrected chi connectivity index (χ3v) is 9.84. The van der Waals surface area contributed by atoms with E-state index < -0.39 is 58.7 Å². The Morgan fingerprint density at radius 2 is 1.80 bits per heavy atom. The number of benzene rings is 1. The van der Waals surface area contributed by atoms with Crippen LogP contribution < -0.4 is 16.0 Å². The van der Waals surface area contributed by atoms with Crippen LogP contribution in [0.5, 0.6) is 0 Å². The molecule has 3 fully saturated rings. The number of aromatic nitrogens is 2. The van der Waals surface area contributed by atoms with Gasteiger partial charge in [0.2, 0.25) is 17.6 Å². The van der Waals surface area contributed by atoms with E-state index in [9.17, 15) is 24.0 Å². The summed E-state index contributed by atoms with van der Waals surface area (Å²) in [6.45, 7) is 7.36. The predicted molar refractivity (Wildman–Crippen MR) is 179 cm³/mol.